The lowest BCUT2D eigenvalue weighted by Crippen LogP contribution is -2.36. The highest BCUT2D eigenvalue weighted by Crippen LogP contribution is 2.32. The van der Waals surface area contributed by atoms with Crippen molar-refractivity contribution >= 4 is 32.3 Å². The fourth-order valence-electron chi connectivity index (χ4n) is 4.56. The Morgan fingerprint density at radius 1 is 1.12 bits per heavy atom. The van der Waals surface area contributed by atoms with Crippen LogP contribution in [0.2, 0.25) is 0 Å². The summed E-state index contributed by atoms with van der Waals surface area (Å²) in [5.74, 6) is 0. The minimum atomic E-state index is -0.292. The van der Waals surface area contributed by atoms with Crippen molar-refractivity contribution in [3.8, 4) is 5.69 Å². The second-order valence-electron chi connectivity index (χ2n) is 8.38. The van der Waals surface area contributed by atoms with E-state index in [1.807, 2.05) is 29.2 Å². The number of nitrogens with one attached hydrogen (secondary N) is 1. The van der Waals surface area contributed by atoms with Crippen molar-refractivity contribution in [1.82, 2.24) is 24.1 Å². The van der Waals surface area contributed by atoms with E-state index in [0.29, 0.717) is 0 Å². The minimum Gasteiger partial charge on any atom is -0.391 e. The van der Waals surface area contributed by atoms with Gasteiger partial charge < -0.3 is 14.8 Å². The van der Waals surface area contributed by atoms with Crippen molar-refractivity contribution in [3.63, 3.8) is 0 Å². The molecule has 2 N–H and O–H groups in total. The minimum absolute atomic E-state index is 0.0931. The van der Waals surface area contributed by atoms with E-state index >= 15 is 0 Å². The van der Waals surface area contributed by atoms with Gasteiger partial charge in [-0.25, -0.2) is 14.6 Å². The van der Waals surface area contributed by atoms with Crippen LogP contribution in [0.1, 0.15) is 36.9 Å². The molecule has 162 valence electrons. The Balaban J connectivity index is 1.29. The van der Waals surface area contributed by atoms with E-state index in [4.69, 9.17) is 4.98 Å². The van der Waals surface area contributed by atoms with Gasteiger partial charge >= 0.3 is 0 Å². The molecule has 8 heteroatoms. The Labute approximate surface area is 189 Å². The average Bonchev–Trinajstić information content (AvgIpc) is 3.55. The molecule has 6 rings (SSSR count). The molecule has 1 aromatic carbocycles. The number of anilines is 1. The number of fused-ring (bicyclic) bond motifs is 2. The largest absolute Gasteiger partial charge is 0.391 e. The number of pyridine rings is 1. The Morgan fingerprint density at radius 2 is 2.06 bits per heavy atom. The van der Waals surface area contributed by atoms with Gasteiger partial charge in [0, 0.05) is 43.0 Å². The number of hydrogen-bond acceptors (Lipinski definition) is 6. The summed E-state index contributed by atoms with van der Waals surface area (Å²) in [6.07, 6.45) is 12.3. The van der Waals surface area contributed by atoms with Crippen molar-refractivity contribution in [3.05, 3.63) is 72.4 Å². The lowest BCUT2D eigenvalue weighted by molar-refractivity contribution is 0.116. The quantitative estimate of drug-likeness (QED) is 0.419. The summed E-state index contributed by atoms with van der Waals surface area (Å²) >= 11 is 1.67. The summed E-state index contributed by atoms with van der Waals surface area (Å²) in [5.41, 5.74) is 5.25. The Morgan fingerprint density at radius 3 is 2.94 bits per heavy atom. The van der Waals surface area contributed by atoms with Crippen molar-refractivity contribution in [2.24, 2.45) is 0 Å². The van der Waals surface area contributed by atoms with Gasteiger partial charge in [-0.3, -0.25) is 0 Å². The molecule has 0 unspecified atom stereocenters. The number of imidazole rings is 1. The van der Waals surface area contributed by atoms with Gasteiger partial charge in [0.05, 0.1) is 28.0 Å². The number of benzene rings is 1. The summed E-state index contributed by atoms with van der Waals surface area (Å²) < 4.78 is 5.15. The smallest absolute Gasteiger partial charge is 0.184 e. The molecule has 1 fully saturated rings. The average molecular weight is 445 g/mol. The SMILES string of the molecule is O[C@@H]1CCCC[C@H]1Nc1nc2cccc(Cc3cnc4cc(-n5cccn5)ccn34)c2s1. The summed E-state index contributed by atoms with van der Waals surface area (Å²) in [6, 6.07) is 12.4. The van der Waals surface area contributed by atoms with E-state index in [-0.39, 0.29) is 12.1 Å². The fourth-order valence-corrected chi connectivity index (χ4v) is 5.59. The van der Waals surface area contributed by atoms with Gasteiger partial charge in [0.25, 0.3) is 0 Å². The normalized spacial score (nSPS) is 19.0. The number of aliphatic hydroxyl groups excluding tert-OH is 1. The molecule has 0 spiro atoms. The number of aromatic nitrogens is 5. The van der Waals surface area contributed by atoms with Crippen LogP contribution in [0.5, 0.6) is 0 Å². The molecule has 1 saturated carbocycles. The predicted molar refractivity (Wildman–Crippen MR) is 127 cm³/mol. The highest BCUT2D eigenvalue weighted by Gasteiger charge is 2.24. The van der Waals surface area contributed by atoms with Crippen LogP contribution >= 0.6 is 11.3 Å². The zero-order chi connectivity index (χ0) is 21.5. The maximum atomic E-state index is 10.3. The summed E-state index contributed by atoms with van der Waals surface area (Å²) in [4.78, 5) is 9.42. The molecule has 7 nitrogen and oxygen atoms in total. The molecule has 0 aliphatic heterocycles. The second kappa shape index (κ2) is 8.03. The highest BCUT2D eigenvalue weighted by molar-refractivity contribution is 7.22. The maximum absolute atomic E-state index is 10.3. The number of hydrogen-bond donors (Lipinski definition) is 2. The number of thiazole rings is 1. The standard InChI is InChI=1S/C24H24N6OS/c31-21-8-2-1-6-19(21)27-24-28-20-7-3-5-16(23(20)32-24)13-18-15-25-22-14-17(9-12-29(18)22)30-11-4-10-26-30/h3-5,7,9-12,14-15,19,21,31H,1-2,6,8,13H2,(H,27,28)/t19-,21-/m1/s1. The van der Waals surface area contributed by atoms with Gasteiger partial charge in [-0.1, -0.05) is 36.3 Å². The van der Waals surface area contributed by atoms with E-state index < -0.39 is 0 Å². The van der Waals surface area contributed by atoms with Gasteiger partial charge in [-0.2, -0.15) is 5.10 Å². The zero-order valence-electron chi connectivity index (χ0n) is 17.6. The van der Waals surface area contributed by atoms with E-state index in [1.165, 1.54) is 10.3 Å². The van der Waals surface area contributed by atoms with Crippen LogP contribution in [0.4, 0.5) is 5.13 Å². The molecule has 0 amide bonds. The second-order valence-corrected chi connectivity index (χ2v) is 9.38. The van der Waals surface area contributed by atoms with Gasteiger partial charge in [0.2, 0.25) is 0 Å². The van der Waals surface area contributed by atoms with E-state index in [2.05, 4.69) is 50.3 Å². The van der Waals surface area contributed by atoms with Gasteiger partial charge in [-0.05, 0) is 36.6 Å². The Bertz CT molecular complexity index is 1370. The molecule has 1 aliphatic rings. The van der Waals surface area contributed by atoms with Crippen LogP contribution in [0.3, 0.4) is 0 Å². The lowest BCUT2D eigenvalue weighted by Gasteiger charge is -2.27. The van der Waals surface area contributed by atoms with Crippen LogP contribution in [0.15, 0.2) is 61.2 Å². The molecule has 2 atom stereocenters. The van der Waals surface area contributed by atoms with E-state index in [1.54, 1.807) is 17.5 Å². The molecule has 4 heterocycles. The maximum Gasteiger partial charge on any atom is 0.184 e. The first kappa shape index (κ1) is 19.5. The fraction of sp³-hybridized carbons (Fsp3) is 0.292. The highest BCUT2D eigenvalue weighted by atomic mass is 32.1. The Kier molecular flexibility index (Phi) is 4.88. The molecule has 5 aromatic rings. The molecule has 0 saturated heterocycles. The number of rotatable bonds is 5. The van der Waals surface area contributed by atoms with Crippen LogP contribution in [-0.2, 0) is 6.42 Å². The monoisotopic (exact) mass is 444 g/mol. The first-order valence-electron chi connectivity index (χ1n) is 11.0. The van der Waals surface area contributed by atoms with Crippen LogP contribution < -0.4 is 5.32 Å². The molecule has 32 heavy (non-hydrogen) atoms. The Hall–Kier alpha value is -3.23. The van der Waals surface area contributed by atoms with Crippen molar-refractivity contribution in [2.45, 2.75) is 44.2 Å². The first-order chi connectivity index (χ1) is 15.7. The van der Waals surface area contributed by atoms with Crippen molar-refractivity contribution in [1.29, 1.82) is 0 Å². The topological polar surface area (TPSA) is 80.3 Å². The summed E-state index contributed by atoms with van der Waals surface area (Å²) in [6.45, 7) is 0. The van der Waals surface area contributed by atoms with Crippen LogP contribution in [0, 0.1) is 0 Å². The van der Waals surface area contributed by atoms with Crippen LogP contribution in [0.25, 0.3) is 21.6 Å². The number of nitrogens with zero attached hydrogens (tertiary/aromatic N) is 5. The zero-order valence-corrected chi connectivity index (χ0v) is 18.4. The molecule has 0 bridgehead atoms. The summed E-state index contributed by atoms with van der Waals surface area (Å²) in [5, 5.41) is 19.0. The van der Waals surface area contributed by atoms with Crippen molar-refractivity contribution in [2.75, 3.05) is 5.32 Å². The molecule has 4 aromatic heterocycles. The number of aliphatic hydroxyl groups is 1. The third kappa shape index (κ3) is 3.55. The third-order valence-electron chi connectivity index (χ3n) is 6.25. The third-order valence-corrected chi connectivity index (χ3v) is 7.33. The van der Waals surface area contributed by atoms with Gasteiger partial charge in [0.1, 0.15) is 5.65 Å². The predicted octanol–water partition coefficient (Wildman–Crippen LogP) is 4.44. The van der Waals surface area contributed by atoms with Gasteiger partial charge in [-0.15, -0.1) is 0 Å². The van der Waals surface area contributed by atoms with Gasteiger partial charge in [0.15, 0.2) is 5.13 Å². The van der Waals surface area contributed by atoms with Crippen LogP contribution in [-0.4, -0.2) is 41.4 Å². The van der Waals surface area contributed by atoms with E-state index in [0.717, 1.165) is 59.8 Å². The molecule has 0 radical (unpaired) electrons. The first-order valence-corrected chi connectivity index (χ1v) is 11.9. The molecular weight excluding hydrogens is 420 g/mol. The van der Waals surface area contributed by atoms with E-state index in [9.17, 15) is 5.11 Å². The molecular formula is C24H24N6OS. The summed E-state index contributed by atoms with van der Waals surface area (Å²) in [7, 11) is 0. The van der Waals surface area contributed by atoms with Crippen molar-refractivity contribution < 1.29 is 5.11 Å². The molecule has 1 aliphatic carbocycles. The lowest BCUT2D eigenvalue weighted by atomic mass is 9.93.